The van der Waals surface area contributed by atoms with Gasteiger partial charge < -0.3 is 10.3 Å². The molecule has 1 aliphatic carbocycles. The molecule has 0 aromatic carbocycles. The van der Waals surface area contributed by atoms with E-state index in [1.165, 1.54) is 25.7 Å². The molecule has 0 amide bonds. The maximum Gasteiger partial charge on any atom is 0.251 e. The number of aromatic amines is 1. The zero-order chi connectivity index (χ0) is 13.5. The van der Waals surface area contributed by atoms with Crippen molar-refractivity contribution in [2.75, 3.05) is 6.54 Å². The monoisotopic (exact) mass is 281 g/mol. The maximum absolute atomic E-state index is 11.6. The molecule has 2 rings (SSSR count). The lowest BCUT2D eigenvalue weighted by molar-refractivity contribution is 0.659. The number of nitrogens with one attached hydrogen (secondary N) is 2. The molecule has 0 radical (unpaired) electrons. The molecular formula is C14H23N3OS. The van der Waals surface area contributed by atoms with Crippen LogP contribution in [-0.2, 0) is 12.3 Å². The quantitative estimate of drug-likeness (QED) is 0.754. The predicted octanol–water partition coefficient (Wildman–Crippen LogP) is 2.45. The van der Waals surface area contributed by atoms with E-state index in [9.17, 15) is 4.79 Å². The summed E-state index contributed by atoms with van der Waals surface area (Å²) in [6.07, 6.45) is 6.41. The molecule has 1 saturated carbocycles. The highest BCUT2D eigenvalue weighted by atomic mass is 32.2. The van der Waals surface area contributed by atoms with Crippen molar-refractivity contribution in [2.24, 2.45) is 0 Å². The summed E-state index contributed by atoms with van der Waals surface area (Å²) in [7, 11) is 0. The largest absolute Gasteiger partial charge is 0.311 e. The number of hydrogen-bond donors (Lipinski definition) is 2. The summed E-state index contributed by atoms with van der Waals surface area (Å²) in [5.74, 6) is 1.64. The standard InChI is InChI=1S/C14H23N3OS/c1-2-7-15-9-11-8-14(18)17-13(16-11)10-19-12-5-3-4-6-12/h8,12,15H,2-7,9-10H2,1H3,(H,16,17,18). The summed E-state index contributed by atoms with van der Waals surface area (Å²) in [6.45, 7) is 3.77. The highest BCUT2D eigenvalue weighted by Crippen LogP contribution is 2.30. The Hall–Kier alpha value is -0.810. The summed E-state index contributed by atoms with van der Waals surface area (Å²) in [5.41, 5.74) is 0.810. The van der Waals surface area contributed by atoms with Gasteiger partial charge in [-0.3, -0.25) is 4.79 Å². The van der Waals surface area contributed by atoms with Gasteiger partial charge in [0.1, 0.15) is 5.82 Å². The van der Waals surface area contributed by atoms with Crippen LogP contribution in [0.3, 0.4) is 0 Å². The van der Waals surface area contributed by atoms with E-state index in [0.717, 1.165) is 35.5 Å². The van der Waals surface area contributed by atoms with Gasteiger partial charge in [0.2, 0.25) is 0 Å². The van der Waals surface area contributed by atoms with Gasteiger partial charge >= 0.3 is 0 Å². The van der Waals surface area contributed by atoms with Crippen molar-refractivity contribution in [3.63, 3.8) is 0 Å². The molecule has 4 nitrogen and oxygen atoms in total. The van der Waals surface area contributed by atoms with Crippen LogP contribution in [0.5, 0.6) is 0 Å². The molecule has 1 fully saturated rings. The molecule has 1 heterocycles. The van der Waals surface area contributed by atoms with Gasteiger partial charge in [-0.05, 0) is 25.8 Å². The molecule has 0 unspecified atom stereocenters. The third-order valence-corrected chi connectivity index (χ3v) is 4.72. The van der Waals surface area contributed by atoms with E-state index in [0.29, 0.717) is 6.54 Å². The number of H-pyrrole nitrogens is 1. The van der Waals surface area contributed by atoms with E-state index in [1.54, 1.807) is 6.07 Å². The molecule has 2 N–H and O–H groups in total. The molecule has 0 spiro atoms. The summed E-state index contributed by atoms with van der Waals surface area (Å²) in [4.78, 5) is 19.0. The van der Waals surface area contributed by atoms with Gasteiger partial charge in [-0.15, -0.1) is 0 Å². The fraction of sp³-hybridized carbons (Fsp3) is 0.714. The van der Waals surface area contributed by atoms with E-state index in [-0.39, 0.29) is 5.56 Å². The molecule has 1 aromatic heterocycles. The second kappa shape index (κ2) is 7.70. The smallest absolute Gasteiger partial charge is 0.251 e. The van der Waals surface area contributed by atoms with Crippen LogP contribution < -0.4 is 10.9 Å². The second-order valence-corrected chi connectivity index (χ2v) is 6.37. The Balaban J connectivity index is 1.89. The van der Waals surface area contributed by atoms with Crippen molar-refractivity contribution in [1.82, 2.24) is 15.3 Å². The molecule has 5 heteroatoms. The number of nitrogens with zero attached hydrogens (tertiary/aromatic N) is 1. The minimum absolute atomic E-state index is 0.0367. The Labute approximate surface area is 118 Å². The highest BCUT2D eigenvalue weighted by molar-refractivity contribution is 7.99. The topological polar surface area (TPSA) is 57.8 Å². The van der Waals surface area contributed by atoms with Crippen LogP contribution in [-0.4, -0.2) is 21.8 Å². The number of hydrogen-bond acceptors (Lipinski definition) is 4. The van der Waals surface area contributed by atoms with Crippen molar-refractivity contribution in [1.29, 1.82) is 0 Å². The van der Waals surface area contributed by atoms with E-state index in [1.807, 2.05) is 11.8 Å². The van der Waals surface area contributed by atoms with E-state index < -0.39 is 0 Å². The van der Waals surface area contributed by atoms with Crippen molar-refractivity contribution in [3.05, 3.63) is 27.9 Å². The van der Waals surface area contributed by atoms with E-state index in [2.05, 4.69) is 22.2 Å². The maximum atomic E-state index is 11.6. The van der Waals surface area contributed by atoms with Crippen molar-refractivity contribution >= 4 is 11.8 Å². The van der Waals surface area contributed by atoms with Gasteiger partial charge in [0.05, 0.1) is 11.4 Å². The minimum Gasteiger partial charge on any atom is -0.311 e. The SMILES string of the molecule is CCCNCc1cc(=O)[nH]c(CSC2CCCC2)n1. The first-order chi connectivity index (χ1) is 9.28. The van der Waals surface area contributed by atoms with Crippen LogP contribution in [0.1, 0.15) is 50.5 Å². The Morgan fingerprint density at radius 2 is 2.26 bits per heavy atom. The summed E-state index contributed by atoms with van der Waals surface area (Å²) >= 11 is 1.93. The first-order valence-corrected chi connectivity index (χ1v) is 8.24. The zero-order valence-electron chi connectivity index (χ0n) is 11.6. The lowest BCUT2D eigenvalue weighted by Crippen LogP contribution is -2.19. The van der Waals surface area contributed by atoms with Gasteiger partial charge in [0.25, 0.3) is 5.56 Å². The molecule has 0 bridgehead atoms. The Bertz CT molecular complexity index is 441. The van der Waals surface area contributed by atoms with Crippen LogP contribution in [0, 0.1) is 0 Å². The van der Waals surface area contributed by atoms with Gasteiger partial charge in [-0.25, -0.2) is 4.98 Å². The third-order valence-electron chi connectivity index (χ3n) is 3.33. The Morgan fingerprint density at radius 3 is 3.00 bits per heavy atom. The molecular weight excluding hydrogens is 258 g/mol. The van der Waals surface area contributed by atoms with E-state index in [4.69, 9.17) is 0 Å². The van der Waals surface area contributed by atoms with Crippen LogP contribution in [0.2, 0.25) is 0 Å². The first-order valence-electron chi connectivity index (χ1n) is 7.19. The van der Waals surface area contributed by atoms with Gasteiger partial charge in [-0.1, -0.05) is 19.8 Å². The molecule has 106 valence electrons. The minimum atomic E-state index is -0.0367. The molecule has 1 aromatic rings. The van der Waals surface area contributed by atoms with Crippen LogP contribution in [0.15, 0.2) is 10.9 Å². The first kappa shape index (κ1) is 14.6. The third kappa shape index (κ3) is 4.99. The summed E-state index contributed by atoms with van der Waals surface area (Å²) < 4.78 is 0. The lowest BCUT2D eigenvalue weighted by Gasteiger charge is -2.09. The van der Waals surface area contributed by atoms with Crippen molar-refractivity contribution < 1.29 is 0 Å². The molecule has 0 atom stereocenters. The summed E-state index contributed by atoms with van der Waals surface area (Å²) in [5, 5.41) is 4.04. The fourth-order valence-electron chi connectivity index (χ4n) is 2.37. The van der Waals surface area contributed by atoms with Crippen molar-refractivity contribution in [2.45, 2.75) is 56.6 Å². The fourth-order valence-corrected chi connectivity index (χ4v) is 3.56. The van der Waals surface area contributed by atoms with Crippen molar-refractivity contribution in [3.8, 4) is 0 Å². The highest BCUT2D eigenvalue weighted by Gasteiger charge is 2.15. The summed E-state index contributed by atoms with van der Waals surface area (Å²) in [6, 6.07) is 1.59. The van der Waals surface area contributed by atoms with E-state index >= 15 is 0 Å². The average molecular weight is 281 g/mol. The Kier molecular flexibility index (Phi) is 5.92. The molecule has 0 aliphatic heterocycles. The van der Waals surface area contributed by atoms with Crippen LogP contribution >= 0.6 is 11.8 Å². The number of aromatic nitrogens is 2. The molecule has 0 saturated heterocycles. The molecule has 1 aliphatic rings. The normalized spacial score (nSPS) is 16.1. The predicted molar refractivity (Wildman–Crippen MR) is 80.4 cm³/mol. The number of rotatable bonds is 7. The van der Waals surface area contributed by atoms with Crippen LogP contribution in [0.4, 0.5) is 0 Å². The second-order valence-electron chi connectivity index (χ2n) is 5.08. The van der Waals surface area contributed by atoms with Gasteiger partial charge in [0.15, 0.2) is 0 Å². The zero-order valence-corrected chi connectivity index (χ0v) is 12.4. The molecule has 19 heavy (non-hydrogen) atoms. The number of thioether (sulfide) groups is 1. The average Bonchev–Trinajstić information content (AvgIpc) is 2.89. The Morgan fingerprint density at radius 1 is 1.47 bits per heavy atom. The van der Waals surface area contributed by atoms with Gasteiger partial charge in [0, 0.05) is 17.9 Å². The van der Waals surface area contributed by atoms with Crippen LogP contribution in [0.25, 0.3) is 0 Å². The van der Waals surface area contributed by atoms with Gasteiger partial charge in [-0.2, -0.15) is 11.8 Å². The lowest BCUT2D eigenvalue weighted by atomic mass is 10.3.